The van der Waals surface area contributed by atoms with Gasteiger partial charge in [-0.2, -0.15) is 25.3 Å². The van der Waals surface area contributed by atoms with Crippen LogP contribution in [0, 0.1) is 5.92 Å². The Balaban J connectivity index is 1.52. The summed E-state index contributed by atoms with van der Waals surface area (Å²) >= 11 is 8.78. The van der Waals surface area contributed by atoms with Crippen molar-refractivity contribution < 1.29 is 96.8 Å². The maximum Gasteiger partial charge on any atom is 0.303 e. The number of carbonyl (C=O) groups excluding carboxylic acids is 16. The van der Waals surface area contributed by atoms with Crippen LogP contribution in [0.2, 0.25) is 0 Å². The zero-order chi connectivity index (χ0) is 84.4. The monoisotopic (exact) mass is 1610 g/mol. The molecule has 0 spiro atoms. The van der Waals surface area contributed by atoms with Crippen LogP contribution in [0.5, 0.6) is 5.75 Å². The molecule has 0 unspecified atom stereocenters. The summed E-state index contributed by atoms with van der Waals surface area (Å²) in [6.07, 6.45) is -4.22. The second-order valence-corrected chi connectivity index (χ2v) is 29.9. The van der Waals surface area contributed by atoms with Crippen molar-refractivity contribution in [2.75, 3.05) is 12.3 Å². The first-order valence-corrected chi connectivity index (χ1v) is 36.9. The highest BCUT2D eigenvalue weighted by Crippen LogP contribution is 2.25. The largest absolute Gasteiger partial charge is 0.508 e. The minimum absolute atomic E-state index is 0.192. The van der Waals surface area contributed by atoms with Crippen molar-refractivity contribution in [3.63, 3.8) is 0 Å². The fourth-order valence-electron chi connectivity index (χ4n) is 12.1. The number of carboxylic acids is 1. The molecule has 0 saturated heterocycles. The molecule has 3 aromatic carbocycles. The van der Waals surface area contributed by atoms with Crippen molar-refractivity contribution >= 4 is 148 Å². The lowest BCUT2D eigenvalue weighted by molar-refractivity contribution is -0.140. The predicted molar refractivity (Wildman–Crippen MR) is 415 cm³/mol. The van der Waals surface area contributed by atoms with Crippen LogP contribution in [0.15, 0.2) is 85.2 Å². The summed E-state index contributed by atoms with van der Waals surface area (Å²) < 4.78 is -1.62. The number of phenolic OH excluding ortho intramolecular Hbond substituents is 1. The SMILES string of the molecule is CC(=O)N[C@@H](CS)C(=O)N[C@@H](CCC(N)=O)C(=O)N[C@H](C(=O)N[C@@H](Cc1c[nH]c2ccccc12)C(=O)N[C@@H](CCC(N)=O)C(=O)N[C@H](C(=O)N[C@@H](Cc1ccc(O)cc1)C(=O)N[C@@H](Cc1c[nH]c2ccccc12)C(=O)N[C@@](C)(CC(C)C)C(=O)N[C@@H](CCC(=O)O)C(=O)N[C@@H](CC(N)=O)C(=O)NCC(N)=O)C(C)(C)S)[C@@H](C)O. The lowest BCUT2D eigenvalue weighted by atomic mass is 9.88. The number of aliphatic hydroxyl groups excluding tert-OH is 1. The number of hydrogen-bond donors (Lipinski definition) is 23. The van der Waals surface area contributed by atoms with Gasteiger partial charge in [0.1, 0.15) is 71.7 Å². The lowest BCUT2D eigenvalue weighted by Gasteiger charge is -2.35. The summed E-state index contributed by atoms with van der Waals surface area (Å²) in [6.45, 7) is 8.97. The third-order valence-corrected chi connectivity index (χ3v) is 18.4. The number of benzene rings is 3. The molecule has 38 nitrogen and oxygen atoms in total. The molecule has 5 rings (SSSR count). The number of hydrogen-bond acceptors (Lipinski definition) is 21. The van der Waals surface area contributed by atoms with E-state index < -0.39 is 241 Å². The molecule has 0 saturated carbocycles. The summed E-state index contributed by atoms with van der Waals surface area (Å²) in [5.41, 5.74) is 21.8. The Labute approximate surface area is 659 Å². The van der Waals surface area contributed by atoms with Crippen LogP contribution in [-0.4, -0.2) is 215 Å². The molecule has 12 atom stereocenters. The van der Waals surface area contributed by atoms with Gasteiger partial charge in [-0.15, -0.1) is 0 Å². The lowest BCUT2D eigenvalue weighted by Crippen LogP contribution is -2.65. The number of phenols is 1. The van der Waals surface area contributed by atoms with E-state index in [1.807, 2.05) is 0 Å². The Morgan fingerprint density at radius 1 is 0.478 bits per heavy atom. The fraction of sp³-hybridized carbons (Fsp3) is 0.466. The van der Waals surface area contributed by atoms with Crippen LogP contribution in [0.1, 0.15) is 117 Å². The van der Waals surface area contributed by atoms with Gasteiger partial charge in [0.25, 0.3) is 0 Å². The van der Waals surface area contributed by atoms with Gasteiger partial charge in [0.05, 0.1) is 19.1 Å². The van der Waals surface area contributed by atoms with Crippen molar-refractivity contribution in [3.8, 4) is 5.75 Å². The minimum atomic E-state index is -2.05. The Hall–Kier alpha value is -11.8. The van der Waals surface area contributed by atoms with E-state index in [1.165, 1.54) is 51.2 Å². The number of H-pyrrole nitrogens is 2. The topological polar surface area (TPSA) is 631 Å². The molecule has 40 heteroatoms. The number of rotatable bonds is 46. The minimum Gasteiger partial charge on any atom is -0.508 e. The normalized spacial score (nSPS) is 14.8. The zero-order valence-electron chi connectivity index (χ0n) is 63.2. The molecule has 0 aliphatic carbocycles. The molecule has 614 valence electrons. The third kappa shape index (κ3) is 29.1. The van der Waals surface area contributed by atoms with Gasteiger partial charge in [-0.05, 0) is 100 Å². The Kier molecular flexibility index (Phi) is 34.6. The van der Waals surface area contributed by atoms with Crippen molar-refractivity contribution in [1.29, 1.82) is 0 Å². The highest BCUT2D eigenvalue weighted by molar-refractivity contribution is 7.81. The number of aliphatic carboxylic acids is 1. The number of nitrogens with two attached hydrogens (primary N) is 4. The summed E-state index contributed by atoms with van der Waals surface area (Å²) in [5, 5.41) is 61.9. The van der Waals surface area contributed by atoms with Crippen LogP contribution in [-0.2, 0) is 101 Å². The van der Waals surface area contributed by atoms with Gasteiger partial charge in [0.15, 0.2) is 0 Å². The summed E-state index contributed by atoms with van der Waals surface area (Å²) in [4.78, 5) is 238. The van der Waals surface area contributed by atoms with Gasteiger partial charge in [-0.25, -0.2) is 0 Å². The Morgan fingerprint density at radius 2 is 0.912 bits per heavy atom. The number of aromatic amines is 2. The van der Waals surface area contributed by atoms with E-state index in [0.29, 0.717) is 38.5 Å². The quantitative estimate of drug-likeness (QED) is 0.0165. The molecule has 5 aromatic rings. The van der Waals surface area contributed by atoms with Crippen molar-refractivity contribution in [1.82, 2.24) is 73.8 Å². The number of carbonyl (C=O) groups is 17. The number of aliphatic hydroxyl groups is 1. The van der Waals surface area contributed by atoms with Gasteiger partial charge in [0.2, 0.25) is 94.5 Å². The van der Waals surface area contributed by atoms with E-state index in [2.05, 4.69) is 99.0 Å². The molecule has 16 amide bonds. The van der Waals surface area contributed by atoms with E-state index in [0.717, 1.165) is 13.8 Å². The molecule has 113 heavy (non-hydrogen) atoms. The second kappa shape index (κ2) is 42.6. The van der Waals surface area contributed by atoms with Crippen molar-refractivity contribution in [2.24, 2.45) is 28.9 Å². The number of carboxylic acid groups (broad SMARTS) is 1. The number of aromatic hydroxyl groups is 1. The first-order valence-electron chi connectivity index (χ1n) is 35.8. The third-order valence-electron chi connectivity index (χ3n) is 17.8. The first kappa shape index (κ1) is 91.8. The molecule has 2 aromatic heterocycles. The first-order chi connectivity index (χ1) is 53.0. The number of nitrogens with one attached hydrogen (secondary N) is 14. The number of thiol groups is 2. The van der Waals surface area contributed by atoms with E-state index in [9.17, 15) is 82.4 Å². The maximum absolute atomic E-state index is 15.3. The Bertz CT molecular complexity index is 4320. The predicted octanol–water partition coefficient (Wildman–Crippen LogP) is -3.94. The van der Waals surface area contributed by atoms with Crippen LogP contribution < -0.4 is 86.7 Å². The van der Waals surface area contributed by atoms with Crippen LogP contribution >= 0.6 is 25.3 Å². The van der Waals surface area contributed by atoms with Gasteiger partial charge in [-0.3, -0.25) is 81.5 Å². The molecule has 0 aliphatic rings. The van der Waals surface area contributed by atoms with E-state index in [1.54, 1.807) is 68.6 Å². The molecular weight excluding hydrogens is 1510 g/mol. The standard InChI is InChI=1S/C73H100N18O20S2/c1-35(2)30-73(7,71(111)88-48(22-25-58(99)100)62(102)85-52(29-56(76)97)61(101)80-33-57(77)98)91-68(108)51(28-40-32-79-45-15-11-9-13-43(40)45)84-65(105)49(26-38-16-18-41(94)19-17-38)87-70(110)60(72(5,6)113)90-64(104)47(21-24-55(75)96)82-66(106)50(27-39-31-78-44-14-10-8-12-42(39)44)86-69(109)59(36(3)92)89-63(103)46(20-23-54(74)95)83-67(107)53(34-112)81-37(4)93/h8-19,31-32,35-36,46-53,59-60,78-79,92,94,112-113H,20-30,33-34H2,1-7H3,(H2,74,95)(H2,75,96)(H2,76,97)(H2,77,98)(H,80,101)(H,81,93)(H,82,106)(H,83,107)(H,84,105)(H,85,102)(H,86,109)(H,87,110)(H,88,111)(H,89,103)(H,90,104)(H,91,108)(H,99,100)/t36-,46+,47+,48+,49+,50+,51+,52+,53+,59+,60-,73+/m1/s1. The smallest absolute Gasteiger partial charge is 0.303 e. The van der Waals surface area contributed by atoms with Gasteiger partial charge in [0, 0.05) is 90.1 Å². The summed E-state index contributed by atoms with van der Waals surface area (Å²) in [5.74, 6) is -18.9. The van der Waals surface area contributed by atoms with Crippen LogP contribution in [0.3, 0.4) is 0 Å². The zero-order valence-corrected chi connectivity index (χ0v) is 65.0. The fourth-order valence-corrected chi connectivity index (χ4v) is 12.5. The number of primary amides is 4. The molecule has 0 fully saturated rings. The van der Waals surface area contributed by atoms with E-state index in [-0.39, 0.29) is 30.8 Å². The van der Waals surface area contributed by atoms with Gasteiger partial charge in [-0.1, -0.05) is 62.4 Å². The molecular formula is C73H100N18O20S2. The molecule has 25 N–H and O–H groups in total. The highest BCUT2D eigenvalue weighted by Gasteiger charge is 2.43. The van der Waals surface area contributed by atoms with Crippen LogP contribution in [0.4, 0.5) is 0 Å². The Morgan fingerprint density at radius 3 is 1.38 bits per heavy atom. The average Bonchev–Trinajstić information content (AvgIpc) is 1.74. The molecule has 0 bridgehead atoms. The maximum atomic E-state index is 15.3. The van der Waals surface area contributed by atoms with Crippen molar-refractivity contribution in [3.05, 3.63) is 102 Å². The number of aromatic nitrogens is 2. The highest BCUT2D eigenvalue weighted by atomic mass is 32.1. The summed E-state index contributed by atoms with van der Waals surface area (Å²) in [7, 11) is 0. The molecule has 0 aliphatic heterocycles. The molecule has 0 radical (unpaired) electrons. The van der Waals surface area contributed by atoms with E-state index in [4.69, 9.17) is 22.9 Å². The van der Waals surface area contributed by atoms with Gasteiger partial charge < -0.3 is 112 Å². The number of para-hydroxylation sites is 2. The summed E-state index contributed by atoms with van der Waals surface area (Å²) in [6, 6.07) is 1.98. The number of fused-ring (bicyclic) bond motifs is 2. The van der Waals surface area contributed by atoms with E-state index >= 15 is 14.4 Å². The van der Waals surface area contributed by atoms with Crippen molar-refractivity contribution in [2.45, 2.75) is 196 Å². The van der Waals surface area contributed by atoms with Crippen LogP contribution in [0.25, 0.3) is 21.8 Å². The average molecular weight is 1610 g/mol. The molecule has 2 heterocycles. The van der Waals surface area contributed by atoms with Gasteiger partial charge >= 0.3 is 5.97 Å². The number of amides is 16. The second-order valence-electron chi connectivity index (χ2n) is 28.4.